The van der Waals surface area contributed by atoms with Gasteiger partial charge in [-0.2, -0.15) is 0 Å². The molecule has 0 bridgehead atoms. The summed E-state index contributed by atoms with van der Waals surface area (Å²) in [5.74, 6) is 5.74. The van der Waals surface area contributed by atoms with E-state index < -0.39 is 0 Å². The first-order valence-corrected chi connectivity index (χ1v) is 36.9. The minimum atomic E-state index is -0.155. The van der Waals surface area contributed by atoms with E-state index in [0.717, 1.165) is 151 Å². The zero-order valence-corrected chi connectivity index (χ0v) is 69.0. The fraction of sp³-hybridized carbons (Fsp3) is 0.845. The number of hydrogen-bond donors (Lipinski definition) is 0. The monoisotopic (exact) mass is 1350 g/mol. The average Bonchev–Trinajstić information content (AvgIpc) is 1.09. The number of carbonyl (C=O) groups excluding carboxylic acids is 11. The van der Waals surface area contributed by atoms with E-state index in [1.54, 1.807) is 0 Å². The van der Waals surface area contributed by atoms with Crippen LogP contribution < -0.4 is 0 Å². The van der Waals surface area contributed by atoms with Crippen molar-refractivity contribution in [1.29, 1.82) is 0 Å². The summed E-state index contributed by atoms with van der Waals surface area (Å²) < 4.78 is 0. The van der Waals surface area contributed by atoms with Crippen LogP contribution >= 0.6 is 0 Å². The van der Waals surface area contributed by atoms with Gasteiger partial charge in [0, 0.05) is 73.5 Å². The standard InChI is InChI=1S/C12H22O.C11H22O.C10H20O.C9H18O.C8H14O.2C7H14O.C6H12O.2C5H10O.C4H8O/c1-11(8-10-13)7-5-6-9-12(2,3)4;1-10(2)7-8-11(3)6-4-5-9-12;1-9(6-5-7-11)8-10(2,3)4;1-8(2,3)6-9(4,5)7-10;9-7-6-8-4-2-1-3-5-8;1-5(2)7(8)6(3)4;1-3-7(2)5-4-6-8;1-6(2,3)4-5-7;1-5(2,3)4-6;1-5(2)3-4-6;1-4(2)3-5/h5-6,10-11H,7-9H2,1-4H3;9-11H,4-8H2,1-3H3;7,9H,5-6,8H2,1-4H3;7H,6H2,1-5H3;7-8H,1-6H2;5-6H,1-4H3;6-7H,3-5H2,1-2H3;5H,4H2,1-3H3;4H,1-3H3;4-5H,3H2,1-2H3;3-4H,1-2H3/b6-5+;;;;;;;;;;. The largest absolute Gasteiger partial charge is 0.303 e. The third-order valence-electron chi connectivity index (χ3n) is 13.9. The zero-order chi connectivity index (χ0) is 77.1. The second kappa shape index (κ2) is 71.4. The third-order valence-corrected chi connectivity index (χ3v) is 13.9. The molecule has 4 atom stereocenters. The molecule has 1 rings (SSSR count). The number of unbranched alkanes of at least 4 members (excludes halogenated alkanes) is 1. The number of carbonyl (C=O) groups is 11. The topological polar surface area (TPSA) is 188 Å². The van der Waals surface area contributed by atoms with Crippen molar-refractivity contribution < 1.29 is 52.7 Å². The zero-order valence-electron chi connectivity index (χ0n) is 69.0. The lowest BCUT2D eigenvalue weighted by atomic mass is 9.77. The molecule has 0 aliphatic heterocycles. The molecule has 0 radical (unpaired) electrons. The van der Waals surface area contributed by atoms with Crippen LogP contribution in [0, 0.1) is 91.7 Å². The van der Waals surface area contributed by atoms with Gasteiger partial charge >= 0.3 is 0 Å². The Kier molecular flexibility index (Phi) is 84.5. The summed E-state index contributed by atoms with van der Waals surface area (Å²) in [6, 6.07) is 0. The maximum Gasteiger partial charge on any atom is 0.137 e. The Bertz CT molecular complexity index is 1770. The smallest absolute Gasteiger partial charge is 0.137 e. The van der Waals surface area contributed by atoms with Gasteiger partial charge in [-0.15, -0.1) is 0 Å². The van der Waals surface area contributed by atoms with Crippen molar-refractivity contribution in [1.82, 2.24) is 0 Å². The van der Waals surface area contributed by atoms with E-state index in [0.29, 0.717) is 53.6 Å². The summed E-state index contributed by atoms with van der Waals surface area (Å²) in [5.41, 5.74) is 0.928. The van der Waals surface area contributed by atoms with Crippen LogP contribution in [-0.2, 0) is 52.7 Å². The maximum atomic E-state index is 10.8. The molecule has 11 heteroatoms. The highest BCUT2D eigenvalue weighted by Gasteiger charge is 2.24. The normalized spacial score (nSPS) is 13.4. The Hall–Kier alpha value is -3.89. The average molecular weight is 1350 g/mol. The van der Waals surface area contributed by atoms with E-state index in [4.69, 9.17) is 0 Å². The minimum absolute atomic E-state index is 0.139. The van der Waals surface area contributed by atoms with Crippen LogP contribution in [0.15, 0.2) is 12.2 Å². The molecular formula is C84H164O11. The van der Waals surface area contributed by atoms with Crippen molar-refractivity contribution in [3.8, 4) is 0 Å². The predicted molar refractivity (Wildman–Crippen MR) is 412 cm³/mol. The molecule has 0 amide bonds. The second-order valence-electron chi connectivity index (χ2n) is 35.1. The maximum absolute atomic E-state index is 10.8. The van der Waals surface area contributed by atoms with Gasteiger partial charge < -0.3 is 47.9 Å². The number of ketones is 1. The molecule has 1 fully saturated rings. The van der Waals surface area contributed by atoms with Gasteiger partial charge in [-0.3, -0.25) is 4.79 Å². The van der Waals surface area contributed by atoms with Crippen molar-refractivity contribution in [2.45, 2.75) is 369 Å². The molecule has 0 heterocycles. The van der Waals surface area contributed by atoms with E-state index in [1.807, 2.05) is 111 Å². The van der Waals surface area contributed by atoms with E-state index >= 15 is 0 Å². The van der Waals surface area contributed by atoms with Gasteiger partial charge in [0.25, 0.3) is 0 Å². The van der Waals surface area contributed by atoms with Crippen molar-refractivity contribution in [3.63, 3.8) is 0 Å². The molecule has 1 saturated carbocycles. The van der Waals surface area contributed by atoms with Gasteiger partial charge in [-0.25, -0.2) is 0 Å². The van der Waals surface area contributed by atoms with Crippen LogP contribution in [0.2, 0.25) is 0 Å². The summed E-state index contributed by atoms with van der Waals surface area (Å²) >= 11 is 0. The van der Waals surface area contributed by atoms with E-state index in [9.17, 15) is 52.7 Å². The molecule has 11 nitrogen and oxygen atoms in total. The van der Waals surface area contributed by atoms with Crippen molar-refractivity contribution in [3.05, 3.63) is 12.2 Å². The van der Waals surface area contributed by atoms with Gasteiger partial charge in [0.1, 0.15) is 68.6 Å². The van der Waals surface area contributed by atoms with Crippen LogP contribution in [0.3, 0.4) is 0 Å². The quantitative estimate of drug-likeness (QED) is 0.0378. The molecule has 0 spiro atoms. The first kappa shape index (κ1) is 112. The van der Waals surface area contributed by atoms with Gasteiger partial charge in [-0.05, 0) is 108 Å². The summed E-state index contributed by atoms with van der Waals surface area (Å²) in [5, 5.41) is 0. The van der Waals surface area contributed by atoms with Gasteiger partial charge in [-0.1, -0.05) is 291 Å². The molecule has 0 aromatic rings. The summed E-state index contributed by atoms with van der Waals surface area (Å²) in [4.78, 5) is 110. The Morgan fingerprint density at radius 1 is 0.400 bits per heavy atom. The molecule has 95 heavy (non-hydrogen) atoms. The predicted octanol–water partition coefficient (Wildman–Crippen LogP) is 23.7. The summed E-state index contributed by atoms with van der Waals surface area (Å²) in [6.45, 7) is 66.5. The molecule has 1 aliphatic carbocycles. The SMILES string of the molecule is CC(C)(C)C=O.CC(C)(C)CC(C)(C)C=O.CC(C)(C)CC=O.CC(C)C(=O)C(C)C.CC(C)C=O.CC(C)CC=O.CC(C)CCC(C)CCCC=O.CC(CC=O)C/C=C/CC(C)(C)C.CC(CCC=O)CC(C)(C)C.CCC(C)CCC=O.O=CCC1CCCCC1. The fourth-order valence-electron chi connectivity index (χ4n) is 8.47. The van der Waals surface area contributed by atoms with Crippen LogP contribution in [0.4, 0.5) is 0 Å². The van der Waals surface area contributed by atoms with Gasteiger partial charge in [0.15, 0.2) is 0 Å². The Balaban J connectivity index is -0.000000106. The number of hydrogen-bond acceptors (Lipinski definition) is 11. The summed E-state index contributed by atoms with van der Waals surface area (Å²) in [6.07, 6.45) is 38.5. The van der Waals surface area contributed by atoms with E-state index in [-0.39, 0.29) is 39.4 Å². The lowest BCUT2D eigenvalue weighted by molar-refractivity contribution is -0.125. The number of Topliss-reactive ketones (excluding diaryl/α,β-unsaturated/α-hetero) is 1. The number of aldehydes is 10. The Morgan fingerprint density at radius 3 is 1.08 bits per heavy atom. The molecule has 0 aromatic heterocycles. The van der Waals surface area contributed by atoms with E-state index in [2.05, 4.69) is 123 Å². The summed E-state index contributed by atoms with van der Waals surface area (Å²) in [7, 11) is 0. The van der Waals surface area contributed by atoms with Crippen molar-refractivity contribution in [2.24, 2.45) is 91.7 Å². The Morgan fingerprint density at radius 2 is 0.832 bits per heavy atom. The highest BCUT2D eigenvalue weighted by molar-refractivity contribution is 5.82. The van der Waals surface area contributed by atoms with Crippen LogP contribution in [0.5, 0.6) is 0 Å². The molecule has 566 valence electrons. The van der Waals surface area contributed by atoms with Gasteiger partial charge in [0.05, 0.1) is 0 Å². The lowest BCUT2D eigenvalue weighted by Crippen LogP contribution is -2.21. The second-order valence-corrected chi connectivity index (χ2v) is 35.1. The van der Waals surface area contributed by atoms with Crippen molar-refractivity contribution in [2.75, 3.05) is 0 Å². The van der Waals surface area contributed by atoms with Crippen LogP contribution in [-0.4, -0.2) is 68.6 Å². The van der Waals surface area contributed by atoms with E-state index in [1.165, 1.54) is 64.2 Å². The first-order valence-electron chi connectivity index (χ1n) is 36.9. The fourth-order valence-corrected chi connectivity index (χ4v) is 8.47. The number of allylic oxidation sites excluding steroid dienone is 2. The van der Waals surface area contributed by atoms with Gasteiger partial charge in [0.2, 0.25) is 0 Å². The van der Waals surface area contributed by atoms with Crippen LogP contribution in [0.25, 0.3) is 0 Å². The molecule has 0 N–H and O–H groups in total. The Labute approximate surface area is 591 Å². The molecule has 0 saturated heterocycles. The lowest BCUT2D eigenvalue weighted by Gasteiger charge is -2.27. The molecule has 4 unspecified atom stereocenters. The molecular weight excluding hydrogens is 1180 g/mol. The molecule has 0 aromatic carbocycles. The highest BCUT2D eigenvalue weighted by Crippen LogP contribution is 2.31. The number of rotatable bonds is 30. The molecule has 1 aliphatic rings. The van der Waals surface area contributed by atoms with Crippen molar-refractivity contribution >= 4 is 68.6 Å². The first-order chi connectivity index (χ1) is 43.3. The third kappa shape index (κ3) is 135. The van der Waals surface area contributed by atoms with Crippen LogP contribution in [0.1, 0.15) is 369 Å². The highest BCUT2D eigenvalue weighted by atomic mass is 16.1. The minimum Gasteiger partial charge on any atom is -0.303 e.